The molecule has 8 heteroatoms. The highest BCUT2D eigenvalue weighted by molar-refractivity contribution is 8.14. The van der Waals surface area contributed by atoms with Crippen LogP contribution in [0.15, 0.2) is 53.5 Å². The average molecular weight is 461 g/mol. The molecule has 0 unspecified atom stereocenters. The molecular formula is C24H26F2N2O3S. The van der Waals surface area contributed by atoms with Gasteiger partial charge in [-0.05, 0) is 31.5 Å². The van der Waals surface area contributed by atoms with Crippen LogP contribution in [-0.2, 0) is 15.0 Å². The maximum absolute atomic E-state index is 15.0. The number of hydrogen-bond acceptors (Lipinski definition) is 5. The number of amides is 1. The maximum atomic E-state index is 15.0. The van der Waals surface area contributed by atoms with Crippen molar-refractivity contribution in [1.29, 1.82) is 0 Å². The van der Waals surface area contributed by atoms with Crippen molar-refractivity contribution in [1.82, 2.24) is 5.32 Å². The number of thioether (sulfide) groups is 1. The van der Waals surface area contributed by atoms with E-state index >= 15 is 0 Å². The summed E-state index contributed by atoms with van der Waals surface area (Å²) in [4.78, 5) is 17.6. The molecule has 1 fully saturated rings. The fourth-order valence-electron chi connectivity index (χ4n) is 4.42. The predicted octanol–water partition coefficient (Wildman–Crippen LogP) is 4.52. The minimum absolute atomic E-state index is 0.0102. The molecule has 2 aromatic carbocycles. The summed E-state index contributed by atoms with van der Waals surface area (Å²) in [5.74, 6) is -1.68. The first-order valence-corrected chi connectivity index (χ1v) is 11.6. The van der Waals surface area contributed by atoms with Gasteiger partial charge in [0.25, 0.3) is 5.91 Å². The van der Waals surface area contributed by atoms with Crippen molar-refractivity contribution >= 4 is 22.8 Å². The Morgan fingerprint density at radius 3 is 2.78 bits per heavy atom. The van der Waals surface area contributed by atoms with E-state index in [1.165, 1.54) is 23.9 Å². The monoisotopic (exact) mass is 460 g/mol. The number of rotatable bonds is 5. The van der Waals surface area contributed by atoms with Crippen molar-refractivity contribution in [3.8, 4) is 0 Å². The van der Waals surface area contributed by atoms with E-state index in [4.69, 9.17) is 14.5 Å². The number of carbonyl (C=O) groups is 1. The van der Waals surface area contributed by atoms with Gasteiger partial charge in [-0.1, -0.05) is 43.0 Å². The molecule has 0 bridgehead atoms. The number of hydrogen-bond donors (Lipinski definition) is 1. The molecule has 2 aliphatic rings. The van der Waals surface area contributed by atoms with Gasteiger partial charge in [-0.15, -0.1) is 0 Å². The van der Waals surface area contributed by atoms with Gasteiger partial charge in [-0.3, -0.25) is 4.79 Å². The molecule has 1 N–H and O–H groups in total. The topological polar surface area (TPSA) is 59.9 Å². The largest absolute Gasteiger partial charge is 0.379 e. The van der Waals surface area contributed by atoms with Crippen molar-refractivity contribution in [2.45, 2.75) is 37.2 Å². The molecule has 32 heavy (non-hydrogen) atoms. The van der Waals surface area contributed by atoms with Gasteiger partial charge in [0.2, 0.25) is 0 Å². The van der Waals surface area contributed by atoms with Crippen LogP contribution in [0.2, 0.25) is 0 Å². The molecule has 2 heterocycles. The van der Waals surface area contributed by atoms with Gasteiger partial charge in [0.15, 0.2) is 5.17 Å². The minimum Gasteiger partial charge on any atom is -0.379 e. The molecule has 2 aromatic rings. The molecule has 0 spiro atoms. The van der Waals surface area contributed by atoms with Gasteiger partial charge in [0.1, 0.15) is 17.2 Å². The van der Waals surface area contributed by atoms with Crippen molar-refractivity contribution in [2.75, 3.05) is 19.8 Å². The quantitative estimate of drug-likeness (QED) is 0.713. The molecule has 4 rings (SSSR count). The molecule has 2 aliphatic heterocycles. The van der Waals surface area contributed by atoms with Crippen LogP contribution in [-0.4, -0.2) is 42.2 Å². The SMILES string of the molecule is CCOC[C@H]1C[C@H]2[C@@H](C)SC(NC(=O)c3ccccc3)=N[C@@]2(c2ccc(F)cc2F)CO1. The molecule has 1 saturated heterocycles. The molecule has 0 aliphatic carbocycles. The zero-order chi connectivity index (χ0) is 22.7. The summed E-state index contributed by atoms with van der Waals surface area (Å²) in [6, 6.07) is 12.4. The van der Waals surface area contributed by atoms with E-state index < -0.39 is 17.2 Å². The van der Waals surface area contributed by atoms with Gasteiger partial charge < -0.3 is 14.8 Å². The fraction of sp³-hybridized carbons (Fsp3) is 0.417. The van der Waals surface area contributed by atoms with E-state index in [0.717, 1.165) is 6.07 Å². The van der Waals surface area contributed by atoms with Crippen molar-refractivity contribution in [2.24, 2.45) is 10.9 Å². The molecule has 0 radical (unpaired) electrons. The lowest BCUT2D eigenvalue weighted by Crippen LogP contribution is -2.54. The molecule has 5 nitrogen and oxygen atoms in total. The number of nitrogens with one attached hydrogen (secondary N) is 1. The summed E-state index contributed by atoms with van der Waals surface area (Å²) in [6.45, 7) is 5.12. The normalized spacial score (nSPS) is 27.4. The van der Waals surface area contributed by atoms with Crippen molar-refractivity contribution in [3.05, 3.63) is 71.3 Å². The smallest absolute Gasteiger partial charge is 0.257 e. The highest BCUT2D eigenvalue weighted by atomic mass is 32.2. The summed E-state index contributed by atoms with van der Waals surface area (Å²) in [5, 5.41) is 3.28. The lowest BCUT2D eigenvalue weighted by atomic mass is 9.72. The van der Waals surface area contributed by atoms with Gasteiger partial charge >= 0.3 is 0 Å². The zero-order valence-electron chi connectivity index (χ0n) is 18.0. The van der Waals surface area contributed by atoms with Crippen LogP contribution in [0.5, 0.6) is 0 Å². The lowest BCUT2D eigenvalue weighted by molar-refractivity contribution is -0.0931. The number of benzene rings is 2. The van der Waals surface area contributed by atoms with Gasteiger partial charge in [-0.25, -0.2) is 13.8 Å². The highest BCUT2D eigenvalue weighted by Crippen LogP contribution is 2.50. The number of halogens is 2. The molecule has 0 aromatic heterocycles. The third kappa shape index (κ3) is 4.58. The Hall–Kier alpha value is -2.29. The average Bonchev–Trinajstić information content (AvgIpc) is 2.78. The Kier molecular flexibility index (Phi) is 6.93. The second-order valence-electron chi connectivity index (χ2n) is 8.04. The van der Waals surface area contributed by atoms with E-state index in [9.17, 15) is 13.6 Å². The van der Waals surface area contributed by atoms with Crippen LogP contribution < -0.4 is 5.32 Å². The van der Waals surface area contributed by atoms with Crippen LogP contribution >= 0.6 is 11.8 Å². The third-order valence-corrected chi connectivity index (χ3v) is 7.11. The van der Waals surface area contributed by atoms with E-state index in [1.54, 1.807) is 24.3 Å². The van der Waals surface area contributed by atoms with Crippen LogP contribution in [0.3, 0.4) is 0 Å². The van der Waals surface area contributed by atoms with Crippen LogP contribution in [0.4, 0.5) is 8.78 Å². The van der Waals surface area contributed by atoms with Crippen LogP contribution in [0, 0.1) is 17.6 Å². The Morgan fingerprint density at radius 2 is 2.06 bits per heavy atom. The van der Waals surface area contributed by atoms with E-state index in [-0.39, 0.29) is 35.3 Å². The first kappa shape index (κ1) is 22.9. The predicted molar refractivity (Wildman–Crippen MR) is 121 cm³/mol. The van der Waals surface area contributed by atoms with Gasteiger partial charge in [-0.2, -0.15) is 0 Å². The Morgan fingerprint density at radius 1 is 1.28 bits per heavy atom. The third-order valence-electron chi connectivity index (χ3n) is 6.00. The van der Waals surface area contributed by atoms with Crippen molar-refractivity contribution in [3.63, 3.8) is 0 Å². The molecule has 1 amide bonds. The summed E-state index contributed by atoms with van der Waals surface area (Å²) in [6.07, 6.45) is 0.490. The van der Waals surface area contributed by atoms with E-state index in [1.807, 2.05) is 19.9 Å². The molecule has 170 valence electrons. The number of aliphatic imine (C=N–C) groups is 1. The summed E-state index contributed by atoms with van der Waals surface area (Å²) >= 11 is 1.45. The van der Waals surface area contributed by atoms with Gasteiger partial charge in [0, 0.05) is 35.0 Å². The minimum atomic E-state index is -1.07. The summed E-state index contributed by atoms with van der Waals surface area (Å²) < 4.78 is 40.3. The molecular weight excluding hydrogens is 434 g/mol. The fourth-order valence-corrected chi connectivity index (χ4v) is 5.64. The number of amidine groups is 1. The number of fused-ring (bicyclic) bond motifs is 1. The molecule has 4 atom stereocenters. The highest BCUT2D eigenvalue weighted by Gasteiger charge is 2.52. The Balaban J connectivity index is 1.70. The maximum Gasteiger partial charge on any atom is 0.257 e. The van der Waals surface area contributed by atoms with E-state index in [2.05, 4.69) is 5.32 Å². The second kappa shape index (κ2) is 9.68. The first-order chi connectivity index (χ1) is 15.4. The zero-order valence-corrected chi connectivity index (χ0v) is 18.8. The first-order valence-electron chi connectivity index (χ1n) is 10.7. The standard InChI is InChI=1S/C24H26F2N2O3S/c1-3-30-13-18-12-20-15(2)32-23(27-22(29)16-7-5-4-6-8-16)28-24(20,14-31-18)19-10-9-17(25)11-21(19)26/h4-11,15,18,20H,3,12-14H2,1-2H3,(H,27,28,29)/t15-,18-,20+,24-/m1/s1. The summed E-state index contributed by atoms with van der Waals surface area (Å²) in [5.41, 5.74) is -0.286. The van der Waals surface area contributed by atoms with E-state index in [0.29, 0.717) is 30.4 Å². The number of nitrogens with zero attached hydrogens (tertiary/aromatic N) is 1. The lowest BCUT2D eigenvalue weighted by Gasteiger charge is -2.49. The van der Waals surface area contributed by atoms with Crippen molar-refractivity contribution < 1.29 is 23.0 Å². The molecule has 0 saturated carbocycles. The Labute approximate surface area is 190 Å². The second-order valence-corrected chi connectivity index (χ2v) is 9.41. The summed E-state index contributed by atoms with van der Waals surface area (Å²) in [7, 11) is 0. The number of ether oxygens (including phenoxy) is 2. The Bertz CT molecular complexity index is 1000. The number of carbonyl (C=O) groups excluding carboxylic acids is 1. The van der Waals surface area contributed by atoms with Crippen LogP contribution in [0.1, 0.15) is 36.2 Å². The van der Waals surface area contributed by atoms with Crippen LogP contribution in [0.25, 0.3) is 0 Å². The van der Waals surface area contributed by atoms with Gasteiger partial charge in [0.05, 0.1) is 19.3 Å².